The molecule has 2 atom stereocenters. The molecule has 1 N–H and O–H groups in total. The van der Waals surface area contributed by atoms with E-state index in [4.69, 9.17) is 4.74 Å². The van der Waals surface area contributed by atoms with Gasteiger partial charge in [0.15, 0.2) is 0 Å². The molecular weight excluding hydrogens is 408 g/mol. The molecule has 4 rings (SSSR count). The van der Waals surface area contributed by atoms with Gasteiger partial charge in [-0.15, -0.1) is 0 Å². The van der Waals surface area contributed by atoms with Crippen LogP contribution in [-0.2, 0) is 14.3 Å². The Kier molecular flexibility index (Phi) is 5.81. The second kappa shape index (κ2) is 8.70. The standard InChI is InChI=1S/C25H24N2O5/c1-16-17(2)24(26(22(16)28)20-11-7-4-8-12-20)32-15-19-13-14-21(18-9-5-3-6-10-18)27(23(19)29)25(30)31/h3-12,15,21,24H,13-14H2,1-2H3,(H,30,31). The summed E-state index contributed by atoms with van der Waals surface area (Å²) < 4.78 is 5.95. The van der Waals surface area contributed by atoms with Crippen LogP contribution in [0.5, 0.6) is 0 Å². The first kappa shape index (κ1) is 21.4. The van der Waals surface area contributed by atoms with Crippen molar-refractivity contribution in [3.05, 3.63) is 89.2 Å². The Morgan fingerprint density at radius 2 is 1.62 bits per heavy atom. The molecule has 2 aromatic rings. The molecule has 0 spiro atoms. The highest BCUT2D eigenvalue weighted by atomic mass is 16.5. The predicted molar refractivity (Wildman–Crippen MR) is 119 cm³/mol. The quantitative estimate of drug-likeness (QED) is 0.562. The minimum Gasteiger partial charge on any atom is -0.473 e. The number of piperidine rings is 1. The van der Waals surface area contributed by atoms with Gasteiger partial charge in [-0.2, -0.15) is 0 Å². The molecule has 32 heavy (non-hydrogen) atoms. The van der Waals surface area contributed by atoms with Crippen molar-refractivity contribution < 1.29 is 24.2 Å². The van der Waals surface area contributed by atoms with Crippen molar-refractivity contribution in [3.8, 4) is 0 Å². The third kappa shape index (κ3) is 3.77. The molecule has 2 heterocycles. The largest absolute Gasteiger partial charge is 0.473 e. The van der Waals surface area contributed by atoms with Gasteiger partial charge < -0.3 is 9.84 Å². The van der Waals surface area contributed by atoms with E-state index < -0.39 is 24.3 Å². The number of benzene rings is 2. The zero-order chi connectivity index (χ0) is 22.8. The number of hydrogen-bond acceptors (Lipinski definition) is 4. The molecule has 164 valence electrons. The predicted octanol–water partition coefficient (Wildman–Crippen LogP) is 4.64. The second-order valence-corrected chi connectivity index (χ2v) is 7.87. The van der Waals surface area contributed by atoms with Gasteiger partial charge >= 0.3 is 6.09 Å². The van der Waals surface area contributed by atoms with Crippen molar-refractivity contribution >= 4 is 23.6 Å². The lowest BCUT2D eigenvalue weighted by Gasteiger charge is -2.33. The maximum atomic E-state index is 13.0. The fourth-order valence-corrected chi connectivity index (χ4v) is 4.13. The van der Waals surface area contributed by atoms with Crippen LogP contribution in [0.15, 0.2) is 83.6 Å². The lowest BCUT2D eigenvalue weighted by Crippen LogP contribution is -2.43. The van der Waals surface area contributed by atoms with Crippen molar-refractivity contribution in [2.45, 2.75) is 39.0 Å². The van der Waals surface area contributed by atoms with Gasteiger partial charge in [-0.3, -0.25) is 14.5 Å². The maximum absolute atomic E-state index is 13.0. The average molecular weight is 432 g/mol. The lowest BCUT2D eigenvalue weighted by atomic mass is 9.93. The van der Waals surface area contributed by atoms with Gasteiger partial charge in [0.05, 0.1) is 17.9 Å². The fourth-order valence-electron chi connectivity index (χ4n) is 4.13. The van der Waals surface area contributed by atoms with E-state index in [0.717, 1.165) is 16.0 Å². The van der Waals surface area contributed by atoms with Crippen LogP contribution in [0.3, 0.4) is 0 Å². The van der Waals surface area contributed by atoms with Crippen LogP contribution in [0.1, 0.15) is 38.3 Å². The molecule has 2 aromatic carbocycles. The molecule has 0 saturated carbocycles. The second-order valence-electron chi connectivity index (χ2n) is 7.87. The molecule has 1 fully saturated rings. The molecule has 7 heteroatoms. The number of para-hydroxylation sites is 1. The zero-order valence-electron chi connectivity index (χ0n) is 17.9. The van der Waals surface area contributed by atoms with E-state index in [2.05, 4.69) is 0 Å². The molecule has 0 bridgehead atoms. The number of imide groups is 1. The van der Waals surface area contributed by atoms with Crippen molar-refractivity contribution in [2.24, 2.45) is 0 Å². The van der Waals surface area contributed by atoms with Gasteiger partial charge in [-0.1, -0.05) is 48.5 Å². The Balaban J connectivity index is 1.59. The number of amides is 3. The smallest absolute Gasteiger partial charge is 0.414 e. The van der Waals surface area contributed by atoms with Crippen molar-refractivity contribution in [2.75, 3.05) is 4.90 Å². The van der Waals surface area contributed by atoms with Gasteiger partial charge in [0.25, 0.3) is 11.8 Å². The minimum atomic E-state index is -1.30. The molecule has 0 aliphatic carbocycles. The van der Waals surface area contributed by atoms with Crippen LogP contribution in [0.4, 0.5) is 10.5 Å². The number of ether oxygens (including phenoxy) is 1. The lowest BCUT2D eigenvalue weighted by molar-refractivity contribution is -0.129. The molecular formula is C25H24N2O5. The molecule has 1 saturated heterocycles. The van der Waals surface area contributed by atoms with Crippen molar-refractivity contribution in [1.82, 2.24) is 4.90 Å². The number of carboxylic acid groups (broad SMARTS) is 1. The Morgan fingerprint density at radius 3 is 2.25 bits per heavy atom. The van der Waals surface area contributed by atoms with Crippen LogP contribution in [0, 0.1) is 0 Å². The summed E-state index contributed by atoms with van der Waals surface area (Å²) in [4.78, 5) is 40.1. The van der Waals surface area contributed by atoms with Gasteiger partial charge in [-0.25, -0.2) is 9.69 Å². The number of nitrogens with zero attached hydrogens (tertiary/aromatic N) is 2. The van der Waals surface area contributed by atoms with Crippen molar-refractivity contribution in [1.29, 1.82) is 0 Å². The highest BCUT2D eigenvalue weighted by molar-refractivity contribution is 6.09. The highest BCUT2D eigenvalue weighted by Gasteiger charge is 2.39. The van der Waals surface area contributed by atoms with E-state index >= 15 is 0 Å². The normalized spacial score (nSPS) is 22.6. The topological polar surface area (TPSA) is 87.2 Å². The SMILES string of the molecule is CC1=C(C)C(OC=C2CCC(c3ccccc3)N(C(=O)O)C2=O)N(c2ccccc2)C1=O. The van der Waals surface area contributed by atoms with E-state index in [-0.39, 0.29) is 11.5 Å². The number of likely N-dealkylation sites (tertiary alicyclic amines) is 1. The summed E-state index contributed by atoms with van der Waals surface area (Å²) in [6.07, 6.45) is 0.140. The minimum absolute atomic E-state index is 0.164. The monoisotopic (exact) mass is 432 g/mol. The Morgan fingerprint density at radius 1 is 1.00 bits per heavy atom. The Hall–Kier alpha value is -3.87. The molecule has 2 aliphatic heterocycles. The first-order chi connectivity index (χ1) is 15.4. The molecule has 0 aromatic heterocycles. The van der Waals surface area contributed by atoms with Gasteiger partial charge in [0, 0.05) is 11.3 Å². The van der Waals surface area contributed by atoms with Crippen molar-refractivity contribution in [3.63, 3.8) is 0 Å². The number of rotatable bonds is 4. The average Bonchev–Trinajstić information content (AvgIpc) is 3.02. The fraction of sp³-hybridized carbons (Fsp3) is 0.240. The molecule has 7 nitrogen and oxygen atoms in total. The summed E-state index contributed by atoms with van der Waals surface area (Å²) in [6, 6.07) is 17.7. The number of hydrogen-bond donors (Lipinski definition) is 1. The number of anilines is 1. The molecule has 3 amide bonds. The summed E-state index contributed by atoms with van der Waals surface area (Å²) in [5, 5.41) is 9.72. The highest BCUT2D eigenvalue weighted by Crippen LogP contribution is 2.36. The molecule has 0 radical (unpaired) electrons. The summed E-state index contributed by atoms with van der Waals surface area (Å²) in [5.74, 6) is -0.769. The molecule has 2 aliphatic rings. The van der Waals surface area contributed by atoms with Crippen LogP contribution in [-0.4, -0.2) is 34.1 Å². The number of carbonyl (C=O) groups excluding carboxylic acids is 2. The Labute approximate surface area is 186 Å². The summed E-state index contributed by atoms with van der Waals surface area (Å²) in [5.41, 5.74) is 3.05. The number of carbonyl (C=O) groups is 3. The van der Waals surface area contributed by atoms with Crippen LogP contribution < -0.4 is 4.90 Å². The van der Waals surface area contributed by atoms with E-state index in [1.54, 1.807) is 6.92 Å². The zero-order valence-corrected chi connectivity index (χ0v) is 17.9. The maximum Gasteiger partial charge on any atom is 0.414 e. The van der Waals surface area contributed by atoms with Crippen LogP contribution in [0.2, 0.25) is 0 Å². The van der Waals surface area contributed by atoms with Crippen LogP contribution >= 0.6 is 0 Å². The van der Waals surface area contributed by atoms with Gasteiger partial charge in [0.1, 0.15) is 0 Å². The first-order valence-electron chi connectivity index (χ1n) is 10.4. The van der Waals surface area contributed by atoms with Gasteiger partial charge in [0.2, 0.25) is 6.23 Å². The summed E-state index contributed by atoms with van der Waals surface area (Å²) in [6.45, 7) is 3.56. The van der Waals surface area contributed by atoms with E-state index in [1.807, 2.05) is 67.6 Å². The summed E-state index contributed by atoms with van der Waals surface area (Å²) in [7, 11) is 0. The third-order valence-corrected chi connectivity index (χ3v) is 5.99. The first-order valence-corrected chi connectivity index (χ1v) is 10.4. The van der Waals surface area contributed by atoms with E-state index in [0.29, 0.717) is 24.1 Å². The van der Waals surface area contributed by atoms with E-state index in [1.165, 1.54) is 11.2 Å². The van der Waals surface area contributed by atoms with Crippen LogP contribution in [0.25, 0.3) is 0 Å². The molecule has 2 unspecified atom stereocenters. The Bertz CT molecular complexity index is 1110. The third-order valence-electron chi connectivity index (χ3n) is 5.99. The van der Waals surface area contributed by atoms with E-state index in [9.17, 15) is 19.5 Å². The van der Waals surface area contributed by atoms with Gasteiger partial charge in [-0.05, 0) is 50.0 Å². The summed E-state index contributed by atoms with van der Waals surface area (Å²) >= 11 is 0.